The average Bonchev–Trinajstić information content (AvgIpc) is 2.83. The molecule has 0 saturated heterocycles. The molecule has 1 aliphatic carbocycles. The van der Waals surface area contributed by atoms with Crippen molar-refractivity contribution in [3.8, 4) is 0 Å². The van der Waals surface area contributed by atoms with Gasteiger partial charge in [0.2, 0.25) is 0 Å². The maximum absolute atomic E-state index is 3.67. The standard InChI is InChI=1S/C15H30BrN/c1-4-14(11-16)12-17(10-9-13(2)3)15-7-5-6-8-15/h13-15H,4-12H2,1-3H3. The highest BCUT2D eigenvalue weighted by Crippen LogP contribution is 2.25. The monoisotopic (exact) mass is 303 g/mol. The minimum atomic E-state index is 0.836. The summed E-state index contributed by atoms with van der Waals surface area (Å²) in [6, 6.07) is 0.891. The van der Waals surface area contributed by atoms with E-state index in [1.165, 1.54) is 51.6 Å². The zero-order valence-corrected chi connectivity index (χ0v) is 13.5. The fraction of sp³-hybridized carbons (Fsp3) is 1.00. The van der Waals surface area contributed by atoms with Gasteiger partial charge in [-0.05, 0) is 37.6 Å². The molecule has 0 aromatic rings. The van der Waals surface area contributed by atoms with Crippen molar-refractivity contribution in [3.05, 3.63) is 0 Å². The summed E-state index contributed by atoms with van der Waals surface area (Å²) in [4.78, 5) is 2.79. The van der Waals surface area contributed by atoms with Crippen LogP contribution in [0, 0.1) is 11.8 Å². The topological polar surface area (TPSA) is 3.24 Å². The van der Waals surface area contributed by atoms with Crippen molar-refractivity contribution in [1.29, 1.82) is 0 Å². The van der Waals surface area contributed by atoms with E-state index >= 15 is 0 Å². The Balaban J connectivity index is 2.45. The number of hydrogen-bond donors (Lipinski definition) is 0. The summed E-state index contributed by atoms with van der Waals surface area (Å²) in [6.45, 7) is 9.62. The fourth-order valence-electron chi connectivity index (χ4n) is 2.74. The quantitative estimate of drug-likeness (QED) is 0.588. The van der Waals surface area contributed by atoms with Crippen molar-refractivity contribution in [2.45, 2.75) is 65.3 Å². The van der Waals surface area contributed by atoms with Crippen LogP contribution >= 0.6 is 15.9 Å². The van der Waals surface area contributed by atoms with Crippen molar-refractivity contribution in [2.24, 2.45) is 11.8 Å². The van der Waals surface area contributed by atoms with Crippen molar-refractivity contribution in [1.82, 2.24) is 4.90 Å². The Kier molecular flexibility index (Phi) is 7.77. The van der Waals surface area contributed by atoms with E-state index < -0.39 is 0 Å². The summed E-state index contributed by atoms with van der Waals surface area (Å²) in [5, 5.41) is 1.16. The molecule has 0 amide bonds. The molecule has 0 heterocycles. The van der Waals surface area contributed by atoms with Gasteiger partial charge in [0.15, 0.2) is 0 Å². The zero-order chi connectivity index (χ0) is 12.7. The molecule has 102 valence electrons. The first-order valence-electron chi connectivity index (χ1n) is 7.47. The van der Waals surface area contributed by atoms with E-state index in [0.717, 1.165) is 23.2 Å². The second-order valence-corrected chi connectivity index (χ2v) is 6.69. The predicted molar refractivity (Wildman–Crippen MR) is 80.9 cm³/mol. The normalized spacial score (nSPS) is 19.4. The molecule has 1 atom stereocenters. The Morgan fingerprint density at radius 1 is 1.24 bits per heavy atom. The van der Waals surface area contributed by atoms with Crippen LogP contribution in [0.2, 0.25) is 0 Å². The molecule has 1 saturated carbocycles. The van der Waals surface area contributed by atoms with Gasteiger partial charge in [-0.25, -0.2) is 0 Å². The first kappa shape index (κ1) is 15.5. The second-order valence-electron chi connectivity index (χ2n) is 6.04. The molecule has 0 aliphatic heterocycles. The maximum atomic E-state index is 3.67. The van der Waals surface area contributed by atoms with Crippen LogP contribution < -0.4 is 0 Å². The van der Waals surface area contributed by atoms with Crippen LogP contribution in [0.1, 0.15) is 59.3 Å². The van der Waals surface area contributed by atoms with E-state index in [4.69, 9.17) is 0 Å². The lowest BCUT2D eigenvalue weighted by Gasteiger charge is -2.32. The van der Waals surface area contributed by atoms with Crippen LogP contribution in [0.4, 0.5) is 0 Å². The first-order chi connectivity index (χ1) is 8.17. The van der Waals surface area contributed by atoms with Crippen LogP contribution in [-0.2, 0) is 0 Å². The first-order valence-corrected chi connectivity index (χ1v) is 8.59. The van der Waals surface area contributed by atoms with E-state index in [-0.39, 0.29) is 0 Å². The van der Waals surface area contributed by atoms with Crippen LogP contribution in [-0.4, -0.2) is 29.4 Å². The lowest BCUT2D eigenvalue weighted by molar-refractivity contribution is 0.164. The van der Waals surface area contributed by atoms with Gasteiger partial charge < -0.3 is 4.90 Å². The molecule has 1 unspecified atom stereocenters. The van der Waals surface area contributed by atoms with Gasteiger partial charge in [0.1, 0.15) is 0 Å². The number of alkyl halides is 1. The van der Waals surface area contributed by atoms with E-state index in [1.54, 1.807) is 0 Å². The Bertz CT molecular complexity index is 183. The summed E-state index contributed by atoms with van der Waals surface area (Å²) in [7, 11) is 0. The Hall–Kier alpha value is 0.440. The third kappa shape index (κ3) is 5.74. The molecule has 1 rings (SSSR count). The molecule has 17 heavy (non-hydrogen) atoms. The zero-order valence-electron chi connectivity index (χ0n) is 11.9. The summed E-state index contributed by atoms with van der Waals surface area (Å²) in [5.74, 6) is 1.67. The van der Waals surface area contributed by atoms with Crippen LogP contribution in [0.15, 0.2) is 0 Å². The van der Waals surface area contributed by atoms with E-state index in [2.05, 4.69) is 41.6 Å². The summed E-state index contributed by atoms with van der Waals surface area (Å²) < 4.78 is 0. The summed E-state index contributed by atoms with van der Waals surface area (Å²) in [6.07, 6.45) is 8.45. The SMILES string of the molecule is CCC(CBr)CN(CCC(C)C)C1CCCC1. The largest absolute Gasteiger partial charge is 0.300 e. The fourth-order valence-corrected chi connectivity index (χ4v) is 3.40. The molecule has 0 aromatic carbocycles. The Morgan fingerprint density at radius 3 is 2.35 bits per heavy atom. The molecular formula is C15H30BrN. The van der Waals surface area contributed by atoms with Gasteiger partial charge in [-0.1, -0.05) is 56.0 Å². The minimum absolute atomic E-state index is 0.836. The molecule has 1 aliphatic rings. The molecule has 0 spiro atoms. The van der Waals surface area contributed by atoms with Gasteiger partial charge in [0.05, 0.1) is 0 Å². The predicted octanol–water partition coefficient (Wildman–Crippen LogP) is 4.70. The lowest BCUT2D eigenvalue weighted by atomic mass is 10.0. The minimum Gasteiger partial charge on any atom is -0.300 e. The molecule has 0 bridgehead atoms. The van der Waals surface area contributed by atoms with Crippen LogP contribution in [0.25, 0.3) is 0 Å². The molecule has 1 nitrogen and oxygen atoms in total. The van der Waals surface area contributed by atoms with Crippen LogP contribution in [0.3, 0.4) is 0 Å². The van der Waals surface area contributed by atoms with Crippen molar-refractivity contribution in [2.75, 3.05) is 18.4 Å². The molecule has 1 fully saturated rings. The lowest BCUT2D eigenvalue weighted by Crippen LogP contribution is -2.38. The van der Waals surface area contributed by atoms with E-state index in [1.807, 2.05) is 0 Å². The summed E-state index contributed by atoms with van der Waals surface area (Å²) in [5.41, 5.74) is 0. The molecule has 0 aromatic heterocycles. The van der Waals surface area contributed by atoms with Crippen molar-refractivity contribution in [3.63, 3.8) is 0 Å². The van der Waals surface area contributed by atoms with Gasteiger partial charge in [-0.15, -0.1) is 0 Å². The Morgan fingerprint density at radius 2 is 1.88 bits per heavy atom. The highest BCUT2D eigenvalue weighted by molar-refractivity contribution is 9.09. The Labute approximate surface area is 116 Å². The maximum Gasteiger partial charge on any atom is 0.00953 e. The number of halogens is 1. The average molecular weight is 304 g/mol. The summed E-state index contributed by atoms with van der Waals surface area (Å²) >= 11 is 3.67. The second kappa shape index (κ2) is 8.53. The van der Waals surface area contributed by atoms with Gasteiger partial charge in [-0.3, -0.25) is 0 Å². The molecule has 0 N–H and O–H groups in total. The highest BCUT2D eigenvalue weighted by atomic mass is 79.9. The van der Waals surface area contributed by atoms with Crippen LogP contribution in [0.5, 0.6) is 0 Å². The third-order valence-corrected chi connectivity index (χ3v) is 5.04. The number of nitrogens with zero attached hydrogens (tertiary/aromatic N) is 1. The van der Waals surface area contributed by atoms with E-state index in [0.29, 0.717) is 0 Å². The van der Waals surface area contributed by atoms with E-state index in [9.17, 15) is 0 Å². The van der Waals surface area contributed by atoms with Crippen molar-refractivity contribution >= 4 is 15.9 Å². The number of rotatable bonds is 8. The van der Waals surface area contributed by atoms with Gasteiger partial charge >= 0.3 is 0 Å². The highest BCUT2D eigenvalue weighted by Gasteiger charge is 2.24. The van der Waals surface area contributed by atoms with Gasteiger partial charge in [0.25, 0.3) is 0 Å². The smallest absolute Gasteiger partial charge is 0.00953 e. The van der Waals surface area contributed by atoms with Gasteiger partial charge in [-0.2, -0.15) is 0 Å². The van der Waals surface area contributed by atoms with Gasteiger partial charge in [0, 0.05) is 17.9 Å². The molecular weight excluding hydrogens is 274 g/mol. The van der Waals surface area contributed by atoms with Crippen molar-refractivity contribution < 1.29 is 0 Å². The third-order valence-electron chi connectivity index (χ3n) is 4.12. The molecule has 2 heteroatoms. The molecule has 0 radical (unpaired) electrons. The number of hydrogen-bond acceptors (Lipinski definition) is 1.